The predicted octanol–water partition coefficient (Wildman–Crippen LogP) is 5.40. The monoisotopic (exact) mass is 527 g/mol. The van der Waals surface area contributed by atoms with E-state index in [1.165, 1.54) is 4.90 Å². The van der Waals surface area contributed by atoms with Crippen molar-refractivity contribution < 1.29 is 23.6 Å². The van der Waals surface area contributed by atoms with Crippen molar-refractivity contribution in [1.29, 1.82) is 5.26 Å². The molecular formula is C29H22ClN3O5. The lowest BCUT2D eigenvalue weighted by molar-refractivity contribution is -0.131. The summed E-state index contributed by atoms with van der Waals surface area (Å²) in [4.78, 5) is 29.2. The summed E-state index contributed by atoms with van der Waals surface area (Å²) < 4.78 is 17.8. The number of nitrogens with zero attached hydrogens (tertiary/aromatic N) is 3. The molecule has 9 heteroatoms. The van der Waals surface area contributed by atoms with Crippen LogP contribution >= 0.6 is 11.6 Å². The summed E-state index contributed by atoms with van der Waals surface area (Å²) >= 11 is 6.03. The van der Waals surface area contributed by atoms with Crippen LogP contribution in [0, 0.1) is 23.2 Å². The number of rotatable bonds is 5. The molecule has 2 bridgehead atoms. The van der Waals surface area contributed by atoms with E-state index in [1.54, 1.807) is 30.3 Å². The number of anilines is 1. The normalized spacial score (nSPS) is 27.9. The van der Waals surface area contributed by atoms with Crippen molar-refractivity contribution in [1.82, 2.24) is 5.16 Å². The van der Waals surface area contributed by atoms with E-state index >= 15 is 0 Å². The molecule has 2 amide bonds. The highest BCUT2D eigenvalue weighted by Crippen LogP contribution is 2.62. The van der Waals surface area contributed by atoms with Crippen molar-refractivity contribution in [2.45, 2.75) is 37.4 Å². The number of ether oxygens (including phenoxy) is 2. The number of nitriles is 1. The van der Waals surface area contributed by atoms with Crippen LogP contribution in [0.3, 0.4) is 0 Å². The number of halogens is 1. The van der Waals surface area contributed by atoms with Crippen molar-refractivity contribution in [2.75, 3.05) is 11.5 Å². The molecule has 4 atom stereocenters. The number of carbonyl (C=O) groups is 2. The van der Waals surface area contributed by atoms with Gasteiger partial charge in [-0.25, -0.2) is 4.90 Å². The number of aromatic nitrogens is 1. The van der Waals surface area contributed by atoms with E-state index in [-0.39, 0.29) is 18.4 Å². The van der Waals surface area contributed by atoms with Crippen LogP contribution in [0.15, 0.2) is 59.1 Å². The first kappa shape index (κ1) is 23.2. The number of imide groups is 1. The van der Waals surface area contributed by atoms with Gasteiger partial charge in [-0.3, -0.25) is 9.59 Å². The molecule has 4 aromatic rings. The molecule has 3 aliphatic rings. The topological polar surface area (TPSA) is 106 Å². The van der Waals surface area contributed by atoms with Gasteiger partial charge in [-0.15, -0.1) is 0 Å². The second kappa shape index (κ2) is 8.03. The Hall–Kier alpha value is -3.93. The summed E-state index contributed by atoms with van der Waals surface area (Å²) in [6, 6.07) is 18.1. The van der Waals surface area contributed by atoms with Gasteiger partial charge in [0, 0.05) is 28.3 Å². The smallest absolute Gasteiger partial charge is 0.262 e. The molecule has 0 saturated carbocycles. The van der Waals surface area contributed by atoms with Gasteiger partial charge in [-0.05, 0) is 49.2 Å². The number of benzene rings is 3. The molecular weight excluding hydrogens is 506 g/mol. The highest BCUT2D eigenvalue weighted by Gasteiger charge is 2.73. The van der Waals surface area contributed by atoms with Crippen LogP contribution in [-0.4, -0.2) is 34.8 Å². The van der Waals surface area contributed by atoms with Crippen molar-refractivity contribution in [3.8, 4) is 11.9 Å². The molecule has 3 aromatic carbocycles. The van der Waals surface area contributed by atoms with Gasteiger partial charge in [-0.1, -0.05) is 35.9 Å². The molecule has 1 aromatic heterocycles. The van der Waals surface area contributed by atoms with Gasteiger partial charge in [0.05, 0.1) is 52.4 Å². The molecule has 4 heterocycles. The third-order valence-electron chi connectivity index (χ3n) is 8.44. The zero-order valence-electron chi connectivity index (χ0n) is 20.4. The first-order valence-corrected chi connectivity index (χ1v) is 12.9. The SMILES string of the molecule is CC12CCC(CCOc3noc4cc(Cl)ccc34)(O1)[C@@H]1C(=O)N(c3ccc(C#N)c4ccccc34)C(=O)C12. The van der Waals surface area contributed by atoms with Gasteiger partial charge in [0.25, 0.3) is 5.88 Å². The maximum atomic E-state index is 14.0. The maximum absolute atomic E-state index is 14.0. The van der Waals surface area contributed by atoms with Crippen LogP contribution in [0.2, 0.25) is 5.02 Å². The Bertz CT molecular complexity index is 1710. The zero-order chi connectivity index (χ0) is 26.2. The zero-order valence-corrected chi connectivity index (χ0v) is 21.2. The van der Waals surface area contributed by atoms with Gasteiger partial charge < -0.3 is 14.0 Å². The van der Waals surface area contributed by atoms with Crippen LogP contribution in [0.25, 0.3) is 21.7 Å². The standard InChI is InChI=1S/C29H22ClN3O5/c1-28-10-11-29(38-28,12-13-36-25-20-8-7-17(30)14-22(20)37-32-25)24-23(28)26(34)33(27(24)35)21-9-6-16(15-31)18-4-2-3-5-19(18)21/h2-9,14,23-24H,10-13H2,1H3/t23?,24-,28?,29?/m0/s1. The number of fused-ring (bicyclic) bond motifs is 7. The van der Waals surface area contributed by atoms with Crippen molar-refractivity contribution in [2.24, 2.45) is 11.8 Å². The molecule has 8 nitrogen and oxygen atoms in total. The van der Waals surface area contributed by atoms with Crippen LogP contribution in [-0.2, 0) is 14.3 Å². The molecule has 7 rings (SSSR count). The number of carbonyl (C=O) groups excluding carboxylic acids is 2. The fraction of sp³-hybridized carbons (Fsp3) is 0.310. The van der Waals surface area contributed by atoms with Crippen LogP contribution < -0.4 is 9.64 Å². The minimum absolute atomic E-state index is 0.241. The molecule has 0 radical (unpaired) electrons. The van der Waals surface area contributed by atoms with E-state index in [9.17, 15) is 14.9 Å². The highest BCUT2D eigenvalue weighted by atomic mass is 35.5. The summed E-state index contributed by atoms with van der Waals surface area (Å²) in [5.74, 6) is -1.35. The maximum Gasteiger partial charge on any atom is 0.262 e. The van der Waals surface area contributed by atoms with Gasteiger partial charge in [0.2, 0.25) is 11.8 Å². The van der Waals surface area contributed by atoms with E-state index in [0.717, 1.165) is 0 Å². The van der Waals surface area contributed by atoms with E-state index in [4.69, 9.17) is 25.6 Å². The lowest BCUT2D eigenvalue weighted by atomic mass is 9.67. The second-order valence-corrected chi connectivity index (χ2v) is 10.9. The van der Waals surface area contributed by atoms with Crippen molar-refractivity contribution in [3.63, 3.8) is 0 Å². The number of hydrogen-bond donors (Lipinski definition) is 0. The molecule has 0 aliphatic carbocycles. The second-order valence-electron chi connectivity index (χ2n) is 10.5. The Balaban J connectivity index is 1.20. The fourth-order valence-corrected chi connectivity index (χ4v) is 6.90. The summed E-state index contributed by atoms with van der Waals surface area (Å²) in [7, 11) is 0. The molecule has 3 aliphatic heterocycles. The highest BCUT2D eigenvalue weighted by molar-refractivity contribution is 6.31. The van der Waals surface area contributed by atoms with Gasteiger partial charge in [-0.2, -0.15) is 5.26 Å². The summed E-state index contributed by atoms with van der Waals surface area (Å²) in [6.45, 7) is 2.17. The van der Waals surface area contributed by atoms with E-state index in [2.05, 4.69) is 11.2 Å². The van der Waals surface area contributed by atoms with Crippen LogP contribution in [0.1, 0.15) is 31.7 Å². The van der Waals surface area contributed by atoms with Gasteiger partial charge in [0.1, 0.15) is 0 Å². The van der Waals surface area contributed by atoms with Crippen molar-refractivity contribution in [3.05, 3.63) is 65.2 Å². The minimum atomic E-state index is -0.813. The van der Waals surface area contributed by atoms with Gasteiger partial charge >= 0.3 is 0 Å². The van der Waals surface area contributed by atoms with Crippen LogP contribution in [0.5, 0.6) is 5.88 Å². The van der Waals surface area contributed by atoms with Gasteiger partial charge in [0.15, 0.2) is 5.58 Å². The summed E-state index contributed by atoms with van der Waals surface area (Å²) in [6.07, 6.45) is 1.76. The molecule has 3 unspecified atom stereocenters. The lowest BCUT2D eigenvalue weighted by Crippen LogP contribution is -2.43. The predicted molar refractivity (Wildman–Crippen MR) is 139 cm³/mol. The lowest BCUT2D eigenvalue weighted by Gasteiger charge is -2.31. The third kappa shape index (κ3) is 3.09. The van der Waals surface area contributed by atoms with Crippen molar-refractivity contribution >= 4 is 50.8 Å². The molecule has 0 spiro atoms. The summed E-state index contributed by atoms with van der Waals surface area (Å²) in [5.41, 5.74) is -0.0162. The number of amides is 2. The quantitative estimate of drug-likeness (QED) is 0.320. The largest absolute Gasteiger partial charge is 0.475 e. The molecule has 3 fully saturated rings. The molecule has 0 N–H and O–H groups in total. The average molecular weight is 528 g/mol. The first-order valence-electron chi connectivity index (χ1n) is 12.5. The first-order chi connectivity index (χ1) is 18.3. The Morgan fingerprint density at radius 1 is 1.08 bits per heavy atom. The van der Waals surface area contributed by atoms with E-state index in [0.29, 0.717) is 63.2 Å². The molecule has 38 heavy (non-hydrogen) atoms. The van der Waals surface area contributed by atoms with E-state index in [1.807, 2.05) is 31.2 Å². The molecule has 190 valence electrons. The Morgan fingerprint density at radius 2 is 1.87 bits per heavy atom. The van der Waals surface area contributed by atoms with E-state index < -0.39 is 23.0 Å². The fourth-order valence-electron chi connectivity index (χ4n) is 6.74. The Kier molecular flexibility index (Phi) is 4.91. The molecule has 3 saturated heterocycles. The number of hydrogen-bond acceptors (Lipinski definition) is 7. The summed E-state index contributed by atoms with van der Waals surface area (Å²) in [5, 5.41) is 16.2. The Morgan fingerprint density at radius 3 is 2.68 bits per heavy atom. The Labute approximate surface area is 222 Å². The van der Waals surface area contributed by atoms with Crippen LogP contribution in [0.4, 0.5) is 5.69 Å². The third-order valence-corrected chi connectivity index (χ3v) is 8.67. The average Bonchev–Trinajstić information content (AvgIpc) is 3.62. The minimum Gasteiger partial charge on any atom is -0.475 e.